The molecule has 0 bridgehead atoms. The molecule has 0 spiro atoms. The van der Waals surface area contributed by atoms with E-state index in [0.717, 1.165) is 24.7 Å². The number of hydrogen-bond donors (Lipinski definition) is 1. The van der Waals surface area contributed by atoms with Gasteiger partial charge >= 0.3 is 0 Å². The predicted molar refractivity (Wildman–Crippen MR) is 79.9 cm³/mol. The summed E-state index contributed by atoms with van der Waals surface area (Å²) in [5.41, 5.74) is 1.53. The number of likely N-dealkylation sites (tertiary alicyclic amines) is 1. The Morgan fingerprint density at radius 2 is 2.11 bits per heavy atom. The third kappa shape index (κ3) is 4.31. The quantitative estimate of drug-likeness (QED) is 0.626. The fraction of sp³-hybridized carbons (Fsp3) is 0.600. The van der Waals surface area contributed by atoms with E-state index in [1.165, 1.54) is 32.4 Å². The highest BCUT2D eigenvalue weighted by atomic mass is 16.3. The van der Waals surface area contributed by atoms with Crippen LogP contribution in [0.5, 0.6) is 0 Å². The van der Waals surface area contributed by atoms with Crippen molar-refractivity contribution in [1.82, 2.24) is 4.90 Å². The summed E-state index contributed by atoms with van der Waals surface area (Å²) in [4.78, 5) is 12.9. The first-order valence-corrected chi connectivity index (χ1v) is 7.21. The van der Waals surface area contributed by atoms with E-state index in [2.05, 4.69) is 22.3 Å². The maximum atomic E-state index is 10.3. The summed E-state index contributed by atoms with van der Waals surface area (Å²) in [7, 11) is 0. The second kappa shape index (κ2) is 7.24. The van der Waals surface area contributed by atoms with E-state index in [9.17, 15) is 4.91 Å². The standard InChI is InChI=1S/C15H23N3O/c1-13-5-2-3-11-18(13)12-4-10-16-14-6-8-15(17-19)9-7-14/h6-9,13,16H,2-5,10-12H2,1H3. The third-order valence-corrected chi connectivity index (χ3v) is 3.86. The van der Waals surface area contributed by atoms with Gasteiger partial charge in [0, 0.05) is 24.8 Å². The summed E-state index contributed by atoms with van der Waals surface area (Å²) in [6.07, 6.45) is 5.22. The topological polar surface area (TPSA) is 44.7 Å². The SMILES string of the molecule is CC1CCCCN1CCCNc1ccc(N=O)cc1. The molecule has 0 saturated carbocycles. The highest BCUT2D eigenvalue weighted by Crippen LogP contribution is 2.17. The van der Waals surface area contributed by atoms with Crippen LogP contribution in [0.4, 0.5) is 11.4 Å². The molecule has 0 amide bonds. The number of nitrogens with zero attached hydrogens (tertiary/aromatic N) is 2. The minimum Gasteiger partial charge on any atom is -0.385 e. The Labute approximate surface area is 115 Å². The van der Waals surface area contributed by atoms with Gasteiger partial charge in [0.15, 0.2) is 0 Å². The molecular weight excluding hydrogens is 238 g/mol. The molecular formula is C15H23N3O. The Balaban J connectivity index is 1.66. The molecule has 1 saturated heterocycles. The second-order valence-corrected chi connectivity index (χ2v) is 5.30. The molecule has 1 aliphatic rings. The maximum absolute atomic E-state index is 10.3. The van der Waals surface area contributed by atoms with Gasteiger partial charge in [0.2, 0.25) is 0 Å². The number of nitrogens with one attached hydrogen (secondary N) is 1. The molecule has 0 aliphatic carbocycles. The number of rotatable bonds is 6. The smallest absolute Gasteiger partial charge is 0.108 e. The first-order chi connectivity index (χ1) is 9.29. The van der Waals surface area contributed by atoms with Gasteiger partial charge in [0.05, 0.1) is 0 Å². The van der Waals surface area contributed by atoms with Gasteiger partial charge in [0.1, 0.15) is 5.69 Å². The molecule has 104 valence electrons. The second-order valence-electron chi connectivity index (χ2n) is 5.30. The minimum absolute atomic E-state index is 0.479. The largest absolute Gasteiger partial charge is 0.385 e. The molecule has 4 heteroatoms. The fourth-order valence-corrected chi connectivity index (χ4v) is 2.64. The van der Waals surface area contributed by atoms with Crippen molar-refractivity contribution in [3.8, 4) is 0 Å². The number of hydrogen-bond acceptors (Lipinski definition) is 4. The van der Waals surface area contributed by atoms with Crippen LogP contribution in [0.25, 0.3) is 0 Å². The average Bonchev–Trinajstić information content (AvgIpc) is 2.46. The zero-order valence-electron chi connectivity index (χ0n) is 11.6. The molecule has 0 radical (unpaired) electrons. The highest BCUT2D eigenvalue weighted by Gasteiger charge is 2.16. The molecule has 19 heavy (non-hydrogen) atoms. The lowest BCUT2D eigenvalue weighted by atomic mass is 10.0. The number of piperidine rings is 1. The minimum atomic E-state index is 0.479. The van der Waals surface area contributed by atoms with Gasteiger partial charge in [-0.3, -0.25) is 0 Å². The van der Waals surface area contributed by atoms with E-state index in [4.69, 9.17) is 0 Å². The van der Waals surface area contributed by atoms with Gasteiger partial charge < -0.3 is 10.2 Å². The molecule has 4 nitrogen and oxygen atoms in total. The molecule has 1 aromatic carbocycles. The van der Waals surface area contributed by atoms with Gasteiger partial charge in [-0.15, -0.1) is 4.91 Å². The van der Waals surface area contributed by atoms with E-state index in [0.29, 0.717) is 5.69 Å². The Morgan fingerprint density at radius 1 is 1.32 bits per heavy atom. The molecule has 1 atom stereocenters. The molecule has 1 heterocycles. The molecule has 0 aromatic heterocycles. The highest BCUT2D eigenvalue weighted by molar-refractivity contribution is 5.50. The zero-order valence-corrected chi connectivity index (χ0v) is 11.6. The van der Waals surface area contributed by atoms with Crippen molar-refractivity contribution in [1.29, 1.82) is 0 Å². The fourth-order valence-electron chi connectivity index (χ4n) is 2.64. The average molecular weight is 261 g/mol. The van der Waals surface area contributed by atoms with Gasteiger partial charge in [-0.1, -0.05) is 6.42 Å². The normalized spacial score (nSPS) is 20.2. The van der Waals surface area contributed by atoms with Crippen LogP contribution in [0.2, 0.25) is 0 Å². The number of anilines is 1. The molecule has 1 fully saturated rings. The van der Waals surface area contributed by atoms with Crippen LogP contribution >= 0.6 is 0 Å². The maximum Gasteiger partial charge on any atom is 0.108 e. The van der Waals surface area contributed by atoms with Crippen LogP contribution in [0.1, 0.15) is 32.6 Å². The molecule has 1 aromatic rings. The Kier molecular flexibility index (Phi) is 5.33. The summed E-state index contributed by atoms with van der Waals surface area (Å²) in [5, 5.41) is 6.27. The van der Waals surface area contributed by atoms with Crippen molar-refractivity contribution in [3.63, 3.8) is 0 Å². The van der Waals surface area contributed by atoms with Gasteiger partial charge in [-0.05, 0) is 62.2 Å². The summed E-state index contributed by atoms with van der Waals surface area (Å²) in [5.74, 6) is 0. The Morgan fingerprint density at radius 3 is 2.79 bits per heavy atom. The van der Waals surface area contributed by atoms with E-state index >= 15 is 0 Å². The lowest BCUT2D eigenvalue weighted by Crippen LogP contribution is -2.38. The first kappa shape index (κ1) is 14.0. The first-order valence-electron chi connectivity index (χ1n) is 7.21. The van der Waals surface area contributed by atoms with Crippen molar-refractivity contribution in [2.75, 3.05) is 25.0 Å². The van der Waals surface area contributed by atoms with Crippen molar-refractivity contribution in [2.24, 2.45) is 5.18 Å². The Bertz CT molecular complexity index is 391. The van der Waals surface area contributed by atoms with E-state index in [1.807, 2.05) is 12.1 Å². The summed E-state index contributed by atoms with van der Waals surface area (Å²) >= 11 is 0. The Hall–Kier alpha value is -1.42. The van der Waals surface area contributed by atoms with Gasteiger partial charge in [-0.2, -0.15) is 0 Å². The molecule has 1 aliphatic heterocycles. The number of benzene rings is 1. The van der Waals surface area contributed by atoms with Crippen molar-refractivity contribution >= 4 is 11.4 Å². The summed E-state index contributed by atoms with van der Waals surface area (Å²) < 4.78 is 0. The van der Waals surface area contributed by atoms with Crippen LogP contribution < -0.4 is 5.32 Å². The van der Waals surface area contributed by atoms with Crippen LogP contribution in [0.15, 0.2) is 29.4 Å². The predicted octanol–water partition coefficient (Wildman–Crippen LogP) is 3.76. The third-order valence-electron chi connectivity index (χ3n) is 3.86. The monoisotopic (exact) mass is 261 g/mol. The lowest BCUT2D eigenvalue weighted by molar-refractivity contribution is 0.160. The van der Waals surface area contributed by atoms with Crippen LogP contribution in [0, 0.1) is 4.91 Å². The van der Waals surface area contributed by atoms with E-state index < -0.39 is 0 Å². The van der Waals surface area contributed by atoms with E-state index in [1.54, 1.807) is 12.1 Å². The lowest BCUT2D eigenvalue weighted by Gasteiger charge is -2.33. The van der Waals surface area contributed by atoms with Crippen LogP contribution in [-0.2, 0) is 0 Å². The number of nitroso groups, excluding NO2 is 1. The van der Waals surface area contributed by atoms with Gasteiger partial charge in [-0.25, -0.2) is 0 Å². The van der Waals surface area contributed by atoms with E-state index in [-0.39, 0.29) is 0 Å². The molecule has 2 rings (SSSR count). The van der Waals surface area contributed by atoms with Gasteiger partial charge in [0.25, 0.3) is 0 Å². The van der Waals surface area contributed by atoms with Crippen molar-refractivity contribution in [3.05, 3.63) is 29.2 Å². The van der Waals surface area contributed by atoms with Crippen molar-refractivity contribution < 1.29 is 0 Å². The van der Waals surface area contributed by atoms with Crippen molar-refractivity contribution in [2.45, 2.75) is 38.6 Å². The van der Waals surface area contributed by atoms with Crippen LogP contribution in [0.3, 0.4) is 0 Å². The van der Waals surface area contributed by atoms with Crippen LogP contribution in [-0.4, -0.2) is 30.6 Å². The zero-order chi connectivity index (χ0) is 13.5. The summed E-state index contributed by atoms with van der Waals surface area (Å²) in [6.45, 7) is 5.72. The molecule has 1 unspecified atom stereocenters. The summed E-state index contributed by atoms with van der Waals surface area (Å²) in [6, 6.07) is 8.02. The molecule has 1 N–H and O–H groups in total.